The molecule has 6 aromatic carbocycles. The van der Waals surface area contributed by atoms with E-state index in [2.05, 4.69) is 174 Å². The third-order valence-electron chi connectivity index (χ3n) is 16.6. The summed E-state index contributed by atoms with van der Waals surface area (Å²) in [5.41, 5.74) is 17.5. The summed E-state index contributed by atoms with van der Waals surface area (Å²) in [5.74, 6) is 5.11. The standard InChI is InChI=1S/C56H55NO/c1-53(2)24-25-54(3,4)48-31-39(21-23-44(48)53)57(38-20-22-41-40-16-10-11-17-43(40)55(5,6)47(41)30-38)50-33-52-49(32-42(50)35-14-8-7-9-15-35)56(45-18-12-13-19-51(45)58-52)37-27-34-26-36(29-37)46(56)28-34/h7-23,30-34,36-37,46H,24-29H2,1-6H3. The van der Waals surface area contributed by atoms with E-state index in [0.29, 0.717) is 11.8 Å². The van der Waals surface area contributed by atoms with Crippen LogP contribution in [0.1, 0.15) is 113 Å². The molecule has 2 heteroatoms. The average molecular weight is 758 g/mol. The van der Waals surface area contributed by atoms with Crippen LogP contribution in [0.25, 0.3) is 22.3 Å². The number of anilines is 3. The van der Waals surface area contributed by atoms with Crippen LogP contribution in [0.3, 0.4) is 0 Å². The number of rotatable bonds is 4. The minimum atomic E-state index is -0.117. The Morgan fingerprint density at radius 2 is 1.17 bits per heavy atom. The summed E-state index contributed by atoms with van der Waals surface area (Å²) in [6.07, 6.45) is 7.81. The highest BCUT2D eigenvalue weighted by Gasteiger charge is 2.66. The molecule has 0 saturated heterocycles. The Labute approximate surface area is 345 Å². The van der Waals surface area contributed by atoms with Gasteiger partial charge in [-0.05, 0) is 148 Å². The van der Waals surface area contributed by atoms with Crippen molar-refractivity contribution in [3.8, 4) is 33.8 Å². The molecule has 5 unspecified atom stereocenters. The quantitative estimate of drug-likeness (QED) is 0.178. The Hall–Kier alpha value is -5.08. The predicted molar refractivity (Wildman–Crippen MR) is 239 cm³/mol. The molecule has 0 N–H and O–H groups in total. The van der Waals surface area contributed by atoms with E-state index in [9.17, 15) is 0 Å². The van der Waals surface area contributed by atoms with Crippen LogP contribution >= 0.6 is 0 Å². The molecule has 6 aromatic rings. The Bertz CT molecular complexity index is 2680. The zero-order valence-electron chi connectivity index (χ0n) is 35.0. The molecule has 1 heterocycles. The normalized spacial score (nSPS) is 26.7. The molecule has 4 fully saturated rings. The number of ether oxygens (including phenoxy) is 1. The molecular formula is C56H55NO. The molecule has 4 bridgehead atoms. The molecule has 0 amide bonds. The highest BCUT2D eigenvalue weighted by Crippen LogP contribution is 2.73. The average Bonchev–Trinajstić information content (AvgIpc) is 3.74. The maximum Gasteiger partial charge on any atom is 0.133 e. The first-order valence-electron chi connectivity index (χ1n) is 22.2. The molecule has 58 heavy (non-hydrogen) atoms. The van der Waals surface area contributed by atoms with Gasteiger partial charge in [0.2, 0.25) is 0 Å². The van der Waals surface area contributed by atoms with Crippen molar-refractivity contribution in [2.24, 2.45) is 23.7 Å². The maximum absolute atomic E-state index is 7.21. The van der Waals surface area contributed by atoms with Gasteiger partial charge in [0.25, 0.3) is 0 Å². The highest BCUT2D eigenvalue weighted by molar-refractivity contribution is 5.92. The van der Waals surface area contributed by atoms with Crippen molar-refractivity contribution in [3.05, 3.63) is 161 Å². The Balaban J connectivity index is 1.14. The van der Waals surface area contributed by atoms with Crippen molar-refractivity contribution in [2.45, 2.75) is 102 Å². The molecule has 5 atom stereocenters. The molecule has 2 nitrogen and oxygen atoms in total. The van der Waals surface area contributed by atoms with Crippen molar-refractivity contribution in [3.63, 3.8) is 0 Å². The van der Waals surface area contributed by atoms with Crippen LogP contribution in [-0.2, 0) is 21.7 Å². The third-order valence-corrected chi connectivity index (χ3v) is 16.6. The fraction of sp³-hybridized carbons (Fsp3) is 0.357. The van der Waals surface area contributed by atoms with Crippen molar-refractivity contribution in [2.75, 3.05) is 4.90 Å². The summed E-state index contributed by atoms with van der Waals surface area (Å²) in [7, 11) is 0. The minimum Gasteiger partial charge on any atom is -0.457 e. The summed E-state index contributed by atoms with van der Waals surface area (Å²) in [6, 6.07) is 49.1. The Morgan fingerprint density at radius 3 is 1.97 bits per heavy atom. The van der Waals surface area contributed by atoms with Crippen LogP contribution < -0.4 is 9.64 Å². The Kier molecular flexibility index (Phi) is 7.09. The van der Waals surface area contributed by atoms with Gasteiger partial charge in [0.05, 0.1) is 5.69 Å². The molecule has 290 valence electrons. The van der Waals surface area contributed by atoms with Crippen molar-refractivity contribution < 1.29 is 4.74 Å². The maximum atomic E-state index is 7.21. The highest BCUT2D eigenvalue weighted by atomic mass is 16.5. The van der Waals surface area contributed by atoms with Gasteiger partial charge in [-0.15, -0.1) is 0 Å². The van der Waals surface area contributed by atoms with Gasteiger partial charge < -0.3 is 9.64 Å². The van der Waals surface area contributed by atoms with Crippen LogP contribution in [0.4, 0.5) is 17.1 Å². The summed E-state index contributed by atoms with van der Waals surface area (Å²) in [6.45, 7) is 14.6. The lowest BCUT2D eigenvalue weighted by molar-refractivity contribution is 0.173. The number of fused-ring (bicyclic) bond motifs is 6. The van der Waals surface area contributed by atoms with E-state index in [1.807, 2.05) is 0 Å². The third kappa shape index (κ3) is 4.61. The van der Waals surface area contributed by atoms with E-state index in [-0.39, 0.29) is 21.7 Å². The molecule has 0 aromatic heterocycles. The second-order valence-corrected chi connectivity index (χ2v) is 20.8. The second kappa shape index (κ2) is 11.8. The first kappa shape index (κ1) is 34.9. The van der Waals surface area contributed by atoms with Gasteiger partial charge in [-0.3, -0.25) is 0 Å². The van der Waals surface area contributed by atoms with Crippen molar-refractivity contribution in [1.82, 2.24) is 0 Å². The van der Waals surface area contributed by atoms with E-state index in [4.69, 9.17) is 4.74 Å². The summed E-state index contributed by atoms with van der Waals surface area (Å²) >= 11 is 0. The molecule has 6 aliphatic carbocycles. The number of hydrogen-bond acceptors (Lipinski definition) is 2. The minimum absolute atomic E-state index is 0.0144. The molecule has 0 radical (unpaired) electrons. The molecular weight excluding hydrogens is 703 g/mol. The summed E-state index contributed by atoms with van der Waals surface area (Å²) in [4.78, 5) is 2.59. The lowest BCUT2D eigenvalue weighted by Gasteiger charge is -2.49. The van der Waals surface area contributed by atoms with Crippen molar-refractivity contribution in [1.29, 1.82) is 0 Å². The van der Waals surface area contributed by atoms with Crippen LogP contribution in [-0.4, -0.2) is 0 Å². The topological polar surface area (TPSA) is 12.5 Å². The first-order chi connectivity index (χ1) is 27.9. The number of benzene rings is 6. The van der Waals surface area contributed by atoms with Crippen LogP contribution in [0.5, 0.6) is 11.5 Å². The number of hydrogen-bond donors (Lipinski definition) is 0. The zero-order chi connectivity index (χ0) is 39.3. The van der Waals surface area contributed by atoms with E-state index < -0.39 is 0 Å². The fourth-order valence-electron chi connectivity index (χ4n) is 13.8. The summed E-state index contributed by atoms with van der Waals surface area (Å²) < 4.78 is 7.21. The Morgan fingerprint density at radius 1 is 0.500 bits per heavy atom. The number of para-hydroxylation sites is 1. The van der Waals surface area contributed by atoms with Crippen LogP contribution in [0.15, 0.2) is 127 Å². The SMILES string of the molecule is CC1(C)CCC(C)(C)c2cc(N(c3ccc4c(c3)C(C)(C)c3ccccc3-4)c3cc4c(cc3-c3ccccc3)C3(c5ccccc5O4)C4CC5CC(C4)C3C5)ccc21. The smallest absolute Gasteiger partial charge is 0.133 e. The van der Waals surface area contributed by atoms with E-state index >= 15 is 0 Å². The molecule has 13 rings (SSSR count). The van der Waals surface area contributed by atoms with Gasteiger partial charge in [-0.25, -0.2) is 0 Å². The number of nitrogens with zero attached hydrogens (tertiary/aromatic N) is 1. The van der Waals surface area contributed by atoms with Gasteiger partial charge in [0, 0.05) is 45.0 Å². The monoisotopic (exact) mass is 757 g/mol. The first-order valence-corrected chi connectivity index (χ1v) is 22.2. The van der Waals surface area contributed by atoms with Gasteiger partial charge in [0.1, 0.15) is 11.5 Å². The zero-order valence-corrected chi connectivity index (χ0v) is 35.0. The largest absolute Gasteiger partial charge is 0.457 e. The van der Waals surface area contributed by atoms with E-state index in [0.717, 1.165) is 23.3 Å². The molecule has 1 spiro atoms. The molecule has 4 saturated carbocycles. The van der Waals surface area contributed by atoms with Crippen LogP contribution in [0.2, 0.25) is 0 Å². The van der Waals surface area contributed by atoms with Crippen LogP contribution in [0, 0.1) is 23.7 Å². The van der Waals surface area contributed by atoms with Gasteiger partial charge in [-0.2, -0.15) is 0 Å². The fourth-order valence-corrected chi connectivity index (χ4v) is 13.8. The lowest BCUT2D eigenvalue weighted by atomic mass is 9.56. The van der Waals surface area contributed by atoms with E-state index in [1.54, 1.807) is 0 Å². The van der Waals surface area contributed by atoms with Crippen molar-refractivity contribution >= 4 is 17.1 Å². The van der Waals surface area contributed by atoms with Gasteiger partial charge in [0.15, 0.2) is 0 Å². The predicted octanol–water partition coefficient (Wildman–Crippen LogP) is 14.9. The van der Waals surface area contributed by atoms with Gasteiger partial charge >= 0.3 is 0 Å². The van der Waals surface area contributed by atoms with Gasteiger partial charge in [-0.1, -0.05) is 126 Å². The molecule has 7 aliphatic rings. The lowest BCUT2D eigenvalue weighted by Crippen LogP contribution is -2.44. The molecule has 1 aliphatic heterocycles. The van der Waals surface area contributed by atoms with E-state index in [1.165, 1.54) is 111 Å². The summed E-state index contributed by atoms with van der Waals surface area (Å²) in [5, 5.41) is 0. The second-order valence-electron chi connectivity index (χ2n) is 20.8.